The van der Waals surface area contributed by atoms with E-state index in [2.05, 4.69) is 0 Å². The Morgan fingerprint density at radius 1 is 0.962 bits per heavy atom. The molecule has 5 nitrogen and oxygen atoms in total. The molecule has 0 spiro atoms. The molecule has 0 aliphatic heterocycles. The molecule has 26 heavy (non-hydrogen) atoms. The maximum absolute atomic E-state index is 12.7. The highest BCUT2D eigenvalue weighted by Gasteiger charge is 2.69. The third kappa shape index (κ3) is 5.31. The van der Waals surface area contributed by atoms with Crippen molar-refractivity contribution in [2.45, 2.75) is 65.8 Å². The molecule has 0 heterocycles. The molecule has 1 aliphatic rings. The average Bonchev–Trinajstić information content (AvgIpc) is 3.21. The zero-order valence-corrected chi connectivity index (χ0v) is 16.6. The van der Waals surface area contributed by atoms with Gasteiger partial charge in [-0.15, -0.1) is 0 Å². The second-order valence-corrected chi connectivity index (χ2v) is 8.88. The second kappa shape index (κ2) is 7.39. The van der Waals surface area contributed by atoms with E-state index in [1.165, 1.54) is 0 Å². The molecule has 5 heteroatoms. The smallest absolute Gasteiger partial charge is 0.324 e. The molecule has 1 saturated carbocycles. The first-order valence-electron chi connectivity index (χ1n) is 9.03. The van der Waals surface area contributed by atoms with Gasteiger partial charge < -0.3 is 14.2 Å². The fraction of sp³-hybridized carbons (Fsp3) is 0.619. The van der Waals surface area contributed by atoms with Gasteiger partial charge in [-0.25, -0.2) is 0 Å². The lowest BCUT2D eigenvalue weighted by molar-refractivity contribution is -0.178. The molecule has 1 aromatic carbocycles. The van der Waals surface area contributed by atoms with E-state index in [1.54, 1.807) is 41.5 Å². The van der Waals surface area contributed by atoms with Gasteiger partial charge in [0.1, 0.15) is 11.2 Å². The fourth-order valence-electron chi connectivity index (χ4n) is 2.75. The largest absolute Gasteiger partial charge is 0.459 e. The van der Waals surface area contributed by atoms with E-state index in [0.717, 1.165) is 5.56 Å². The molecule has 144 valence electrons. The van der Waals surface area contributed by atoms with Crippen LogP contribution in [0.15, 0.2) is 30.3 Å². The molecule has 1 fully saturated rings. The lowest BCUT2D eigenvalue weighted by Gasteiger charge is -2.27. The van der Waals surface area contributed by atoms with Crippen molar-refractivity contribution in [3.8, 4) is 0 Å². The van der Waals surface area contributed by atoms with E-state index in [9.17, 15) is 9.59 Å². The third-order valence-electron chi connectivity index (χ3n) is 4.06. The van der Waals surface area contributed by atoms with Gasteiger partial charge in [-0.05, 0) is 53.5 Å². The van der Waals surface area contributed by atoms with Crippen LogP contribution in [0.2, 0.25) is 0 Å². The molecule has 0 unspecified atom stereocenters. The van der Waals surface area contributed by atoms with E-state index in [-0.39, 0.29) is 5.92 Å². The maximum Gasteiger partial charge on any atom is 0.324 e. The lowest BCUT2D eigenvalue weighted by Crippen LogP contribution is -2.40. The Hall–Kier alpha value is -1.88. The molecule has 1 aromatic rings. The van der Waals surface area contributed by atoms with Gasteiger partial charge in [0, 0.05) is 5.92 Å². The number of hydrogen-bond donors (Lipinski definition) is 0. The highest BCUT2D eigenvalue weighted by molar-refractivity contribution is 6.04. The Balaban J connectivity index is 2.04. The molecular weight excluding hydrogens is 332 g/mol. The Morgan fingerprint density at radius 3 is 1.92 bits per heavy atom. The number of ether oxygens (including phenoxy) is 3. The summed E-state index contributed by atoms with van der Waals surface area (Å²) in [4.78, 5) is 25.5. The molecule has 1 atom stereocenters. The summed E-state index contributed by atoms with van der Waals surface area (Å²) in [6.07, 6.45) is 0.394. The molecule has 0 radical (unpaired) electrons. The van der Waals surface area contributed by atoms with Gasteiger partial charge in [0.2, 0.25) is 0 Å². The standard InChI is InChI=1S/C21H30O5/c1-19(2,3)25-17(22)21(18(23)26-20(4,5)6)12-16(21)14-24-13-15-10-8-7-9-11-15/h7-11,16H,12-14H2,1-6H3/t16-/m0/s1. The van der Waals surface area contributed by atoms with Gasteiger partial charge in [0.25, 0.3) is 0 Å². The molecule has 2 rings (SSSR count). The molecule has 0 aromatic heterocycles. The van der Waals surface area contributed by atoms with Crippen LogP contribution < -0.4 is 0 Å². The van der Waals surface area contributed by atoms with Crippen LogP contribution in [0.1, 0.15) is 53.5 Å². The lowest BCUT2D eigenvalue weighted by atomic mass is 10.0. The first-order valence-corrected chi connectivity index (χ1v) is 9.03. The highest BCUT2D eigenvalue weighted by atomic mass is 16.6. The minimum atomic E-state index is -1.25. The number of hydrogen-bond acceptors (Lipinski definition) is 5. The first kappa shape index (κ1) is 20.4. The van der Waals surface area contributed by atoms with Gasteiger partial charge in [-0.3, -0.25) is 9.59 Å². The monoisotopic (exact) mass is 362 g/mol. The van der Waals surface area contributed by atoms with Crippen molar-refractivity contribution in [2.24, 2.45) is 11.3 Å². The van der Waals surface area contributed by atoms with Crippen LogP contribution in [-0.2, 0) is 30.4 Å². The summed E-state index contributed by atoms with van der Waals surface area (Å²) in [5.41, 5.74) is -1.53. The fourth-order valence-corrected chi connectivity index (χ4v) is 2.75. The van der Waals surface area contributed by atoms with Crippen LogP contribution in [-0.4, -0.2) is 29.7 Å². The number of carbonyl (C=O) groups excluding carboxylic acids is 2. The van der Waals surface area contributed by atoms with E-state index in [0.29, 0.717) is 19.6 Å². The molecule has 0 N–H and O–H groups in total. The van der Waals surface area contributed by atoms with Gasteiger partial charge in [0.15, 0.2) is 5.41 Å². The summed E-state index contributed by atoms with van der Waals surface area (Å²) in [6.45, 7) is 11.5. The molecule has 1 aliphatic carbocycles. The van der Waals surface area contributed by atoms with E-state index >= 15 is 0 Å². The van der Waals surface area contributed by atoms with Crippen molar-refractivity contribution in [1.82, 2.24) is 0 Å². The zero-order valence-electron chi connectivity index (χ0n) is 16.6. The van der Waals surface area contributed by atoms with Crippen LogP contribution in [0.3, 0.4) is 0 Å². The van der Waals surface area contributed by atoms with Crippen LogP contribution >= 0.6 is 0 Å². The van der Waals surface area contributed by atoms with Crippen molar-refractivity contribution < 1.29 is 23.8 Å². The molecule has 0 amide bonds. The SMILES string of the molecule is CC(C)(C)OC(=O)C1(C(=O)OC(C)(C)C)C[C@H]1COCc1ccccc1. The van der Waals surface area contributed by atoms with Gasteiger partial charge in [0.05, 0.1) is 13.2 Å². The van der Waals surface area contributed by atoms with Gasteiger partial charge in [-0.2, -0.15) is 0 Å². The normalized spacial score (nSPS) is 18.9. The topological polar surface area (TPSA) is 61.8 Å². The van der Waals surface area contributed by atoms with E-state index in [4.69, 9.17) is 14.2 Å². The predicted molar refractivity (Wildman–Crippen MR) is 98.3 cm³/mol. The Labute approximate surface area is 156 Å². The highest BCUT2D eigenvalue weighted by Crippen LogP contribution is 2.55. The summed E-state index contributed by atoms with van der Waals surface area (Å²) >= 11 is 0. The van der Waals surface area contributed by atoms with Crippen LogP contribution in [0.4, 0.5) is 0 Å². The van der Waals surface area contributed by atoms with E-state index < -0.39 is 28.6 Å². The summed E-state index contributed by atoms with van der Waals surface area (Å²) in [7, 11) is 0. The van der Waals surface area contributed by atoms with E-state index in [1.807, 2.05) is 30.3 Å². The zero-order chi connectivity index (χ0) is 19.6. The third-order valence-corrected chi connectivity index (χ3v) is 4.06. The molecule has 0 bridgehead atoms. The summed E-state index contributed by atoms with van der Waals surface area (Å²) in [6, 6.07) is 9.78. The van der Waals surface area contributed by atoms with Crippen molar-refractivity contribution in [1.29, 1.82) is 0 Å². The van der Waals surface area contributed by atoms with Crippen LogP contribution in [0.25, 0.3) is 0 Å². The van der Waals surface area contributed by atoms with Gasteiger partial charge >= 0.3 is 11.9 Å². The predicted octanol–water partition coefficient (Wildman–Crippen LogP) is 3.89. The number of esters is 2. The van der Waals surface area contributed by atoms with Crippen molar-refractivity contribution in [2.75, 3.05) is 6.61 Å². The average molecular weight is 362 g/mol. The Bertz CT molecular complexity index is 609. The minimum absolute atomic E-state index is 0.226. The maximum atomic E-state index is 12.7. The number of benzene rings is 1. The van der Waals surface area contributed by atoms with Crippen molar-refractivity contribution in [3.05, 3.63) is 35.9 Å². The minimum Gasteiger partial charge on any atom is -0.459 e. The van der Waals surface area contributed by atoms with Crippen molar-refractivity contribution in [3.63, 3.8) is 0 Å². The van der Waals surface area contributed by atoms with Crippen LogP contribution in [0.5, 0.6) is 0 Å². The number of carbonyl (C=O) groups is 2. The Morgan fingerprint density at radius 2 is 1.46 bits per heavy atom. The van der Waals surface area contributed by atoms with Crippen molar-refractivity contribution >= 4 is 11.9 Å². The summed E-state index contributed by atoms with van der Waals surface area (Å²) in [5.74, 6) is -1.27. The summed E-state index contributed by atoms with van der Waals surface area (Å²) < 4.78 is 16.7. The Kier molecular flexibility index (Phi) is 5.81. The molecular formula is C21H30O5. The number of rotatable bonds is 6. The van der Waals surface area contributed by atoms with Crippen LogP contribution in [0, 0.1) is 11.3 Å². The molecule has 0 saturated heterocycles. The summed E-state index contributed by atoms with van der Waals surface area (Å²) in [5, 5.41) is 0. The quantitative estimate of drug-likeness (QED) is 0.567. The van der Waals surface area contributed by atoms with Gasteiger partial charge in [-0.1, -0.05) is 30.3 Å². The first-order chi connectivity index (χ1) is 11.9. The second-order valence-electron chi connectivity index (χ2n) is 8.88.